The van der Waals surface area contributed by atoms with Crippen molar-refractivity contribution in [3.63, 3.8) is 0 Å². The van der Waals surface area contributed by atoms with Gasteiger partial charge in [-0.05, 0) is 45.8 Å². The highest BCUT2D eigenvalue weighted by Gasteiger charge is 2.46. The maximum atomic E-state index is 11.4. The minimum absolute atomic E-state index is 0. The molecular formula is C17H24ClN3O5. The summed E-state index contributed by atoms with van der Waals surface area (Å²) >= 11 is 0. The van der Waals surface area contributed by atoms with Crippen LogP contribution in [0.2, 0.25) is 0 Å². The second-order valence-electron chi connectivity index (χ2n) is 7.18. The zero-order chi connectivity index (χ0) is 18.4. The fraction of sp³-hybridized carbons (Fsp3) is 0.588. The lowest BCUT2D eigenvalue weighted by atomic mass is 9.85. The van der Waals surface area contributed by atoms with Crippen LogP contribution in [0, 0.1) is 10.1 Å². The number of nitrogens with one attached hydrogen (secondary N) is 1. The molecule has 0 saturated carbocycles. The Bertz CT molecular complexity index is 719. The normalized spacial score (nSPS) is 24.2. The van der Waals surface area contributed by atoms with Gasteiger partial charge in [0.2, 0.25) is 5.91 Å². The summed E-state index contributed by atoms with van der Waals surface area (Å²) in [6.07, 6.45) is 1.31. The molecule has 0 aromatic heterocycles. The largest absolute Gasteiger partial charge is 0.484 e. The minimum atomic E-state index is -0.871. The number of halogens is 1. The van der Waals surface area contributed by atoms with Gasteiger partial charge in [0.15, 0.2) is 0 Å². The van der Waals surface area contributed by atoms with Crippen LogP contribution in [0.5, 0.6) is 5.75 Å². The van der Waals surface area contributed by atoms with Crippen LogP contribution >= 0.6 is 12.4 Å². The molecule has 0 unspecified atom stereocenters. The van der Waals surface area contributed by atoms with E-state index in [0.29, 0.717) is 11.3 Å². The van der Waals surface area contributed by atoms with Crippen LogP contribution < -0.4 is 10.1 Å². The molecule has 144 valence electrons. The van der Waals surface area contributed by atoms with Crippen molar-refractivity contribution in [3.8, 4) is 5.75 Å². The number of nitro groups is 1. The Labute approximate surface area is 158 Å². The molecule has 1 amide bonds. The molecule has 2 atom stereocenters. The SMILES string of the molecule is CC(=O)Nc1cc2c(cc1[N+](=O)[O-])OC(C)(C)[C@@H](O)[C@@H]2N1CCCC1.Cl. The summed E-state index contributed by atoms with van der Waals surface area (Å²) < 4.78 is 5.88. The van der Waals surface area contributed by atoms with Crippen LogP contribution in [0.4, 0.5) is 11.4 Å². The Morgan fingerprint density at radius 1 is 1.38 bits per heavy atom. The van der Waals surface area contributed by atoms with E-state index < -0.39 is 22.5 Å². The number of ether oxygens (including phenoxy) is 1. The first-order chi connectivity index (χ1) is 11.7. The molecule has 0 bridgehead atoms. The first-order valence-electron chi connectivity index (χ1n) is 8.42. The smallest absolute Gasteiger partial charge is 0.296 e. The van der Waals surface area contributed by atoms with Gasteiger partial charge in [0, 0.05) is 12.5 Å². The number of nitrogens with zero attached hydrogens (tertiary/aromatic N) is 2. The quantitative estimate of drug-likeness (QED) is 0.612. The minimum Gasteiger partial charge on any atom is -0.484 e. The number of nitro benzene ring substituents is 1. The lowest BCUT2D eigenvalue weighted by Crippen LogP contribution is -2.53. The monoisotopic (exact) mass is 385 g/mol. The number of hydrogen-bond donors (Lipinski definition) is 2. The number of fused-ring (bicyclic) bond motifs is 1. The van der Waals surface area contributed by atoms with Crippen molar-refractivity contribution in [2.45, 2.75) is 51.4 Å². The Kier molecular flexibility index (Phi) is 5.79. The van der Waals surface area contributed by atoms with Crippen LogP contribution in [-0.4, -0.2) is 45.6 Å². The molecule has 2 N–H and O–H groups in total. The number of rotatable bonds is 3. The number of amides is 1. The number of benzene rings is 1. The van der Waals surface area contributed by atoms with Crippen molar-refractivity contribution >= 4 is 29.7 Å². The van der Waals surface area contributed by atoms with Crippen molar-refractivity contribution in [2.24, 2.45) is 0 Å². The lowest BCUT2D eigenvalue weighted by molar-refractivity contribution is -0.384. The van der Waals surface area contributed by atoms with Crippen LogP contribution in [0.15, 0.2) is 12.1 Å². The Balaban J connectivity index is 0.00000243. The standard InChI is InChI=1S/C17H23N3O5.ClH/c1-10(21)18-12-8-11-14(9-13(12)20(23)24)25-17(2,3)16(22)15(11)19-6-4-5-7-19;/h8-9,15-16,22H,4-7H2,1-3H3,(H,18,21);1H/t15-,16+;/m1./s1. The topological polar surface area (TPSA) is 105 Å². The molecule has 2 heterocycles. The Morgan fingerprint density at radius 3 is 2.54 bits per heavy atom. The molecule has 9 heteroatoms. The number of aliphatic hydroxyl groups is 1. The number of hydrogen-bond acceptors (Lipinski definition) is 6. The van der Waals surface area contributed by atoms with Gasteiger partial charge >= 0.3 is 0 Å². The molecule has 0 radical (unpaired) electrons. The number of likely N-dealkylation sites (tertiary alicyclic amines) is 1. The third-order valence-electron chi connectivity index (χ3n) is 4.87. The number of aliphatic hydroxyl groups excluding tert-OH is 1. The van der Waals surface area contributed by atoms with Crippen LogP contribution in [-0.2, 0) is 4.79 Å². The molecular weight excluding hydrogens is 362 g/mol. The van der Waals surface area contributed by atoms with Crippen molar-refractivity contribution in [1.29, 1.82) is 0 Å². The van der Waals surface area contributed by atoms with Crippen LogP contribution in [0.25, 0.3) is 0 Å². The first kappa shape index (κ1) is 20.4. The van der Waals surface area contributed by atoms with Gasteiger partial charge < -0.3 is 15.2 Å². The molecule has 2 aliphatic heterocycles. The van der Waals surface area contributed by atoms with Crippen molar-refractivity contribution in [2.75, 3.05) is 18.4 Å². The number of carbonyl (C=O) groups is 1. The van der Waals surface area contributed by atoms with Crippen LogP contribution in [0.1, 0.15) is 45.2 Å². The van der Waals surface area contributed by atoms with E-state index in [1.807, 2.05) is 0 Å². The molecule has 26 heavy (non-hydrogen) atoms. The van der Waals surface area contributed by atoms with Crippen molar-refractivity contribution < 1.29 is 19.6 Å². The fourth-order valence-electron chi connectivity index (χ4n) is 3.66. The van der Waals surface area contributed by atoms with Crippen LogP contribution in [0.3, 0.4) is 0 Å². The predicted octanol–water partition coefficient (Wildman–Crippen LogP) is 2.64. The molecule has 1 fully saturated rings. The second kappa shape index (κ2) is 7.38. The van der Waals surface area contributed by atoms with Gasteiger partial charge in [-0.3, -0.25) is 19.8 Å². The third kappa shape index (κ3) is 3.62. The van der Waals surface area contributed by atoms with Crippen molar-refractivity contribution in [3.05, 3.63) is 27.8 Å². The van der Waals surface area contributed by atoms with E-state index in [2.05, 4.69) is 10.2 Å². The summed E-state index contributed by atoms with van der Waals surface area (Å²) in [4.78, 5) is 24.5. The highest BCUT2D eigenvalue weighted by Crippen LogP contribution is 2.47. The predicted molar refractivity (Wildman–Crippen MR) is 98.9 cm³/mol. The highest BCUT2D eigenvalue weighted by molar-refractivity contribution is 5.91. The average molecular weight is 386 g/mol. The molecule has 3 rings (SSSR count). The van der Waals surface area contributed by atoms with E-state index in [4.69, 9.17) is 4.74 Å². The number of anilines is 1. The van der Waals surface area contributed by atoms with E-state index in [1.54, 1.807) is 19.9 Å². The molecule has 1 aromatic carbocycles. The van der Waals surface area contributed by atoms with Gasteiger partial charge in [-0.25, -0.2) is 0 Å². The molecule has 1 aromatic rings. The summed E-state index contributed by atoms with van der Waals surface area (Å²) in [5.41, 5.74) is -0.302. The molecule has 1 saturated heterocycles. The average Bonchev–Trinajstić information content (AvgIpc) is 3.01. The zero-order valence-electron chi connectivity index (χ0n) is 15.0. The van der Waals surface area contributed by atoms with E-state index in [-0.39, 0.29) is 29.8 Å². The summed E-state index contributed by atoms with van der Waals surface area (Å²) in [5.74, 6) is -0.00798. The van der Waals surface area contributed by atoms with Gasteiger partial charge in [-0.1, -0.05) is 0 Å². The third-order valence-corrected chi connectivity index (χ3v) is 4.87. The Hall–Kier alpha value is -1.90. The summed E-state index contributed by atoms with van der Waals surface area (Å²) in [7, 11) is 0. The van der Waals surface area contributed by atoms with Gasteiger partial charge in [-0.15, -0.1) is 12.4 Å². The van der Waals surface area contributed by atoms with E-state index >= 15 is 0 Å². The lowest BCUT2D eigenvalue weighted by Gasteiger charge is -2.45. The van der Waals surface area contributed by atoms with E-state index in [1.165, 1.54) is 13.0 Å². The summed E-state index contributed by atoms with van der Waals surface area (Å²) in [6.45, 7) is 6.55. The highest BCUT2D eigenvalue weighted by atomic mass is 35.5. The maximum Gasteiger partial charge on any atom is 0.296 e. The van der Waals surface area contributed by atoms with Gasteiger partial charge in [-0.2, -0.15) is 0 Å². The molecule has 0 aliphatic carbocycles. The Morgan fingerprint density at radius 2 is 2.00 bits per heavy atom. The van der Waals surface area contributed by atoms with E-state index in [9.17, 15) is 20.0 Å². The molecule has 2 aliphatic rings. The van der Waals surface area contributed by atoms with Gasteiger partial charge in [0.1, 0.15) is 23.1 Å². The van der Waals surface area contributed by atoms with Gasteiger partial charge in [0.05, 0.1) is 17.0 Å². The zero-order valence-corrected chi connectivity index (χ0v) is 15.8. The van der Waals surface area contributed by atoms with Gasteiger partial charge in [0.25, 0.3) is 5.69 Å². The summed E-state index contributed by atoms with van der Waals surface area (Å²) in [6, 6.07) is 2.59. The summed E-state index contributed by atoms with van der Waals surface area (Å²) in [5, 5.41) is 24.8. The first-order valence-corrected chi connectivity index (χ1v) is 8.42. The fourth-order valence-corrected chi connectivity index (χ4v) is 3.66. The van der Waals surface area contributed by atoms with Crippen molar-refractivity contribution in [1.82, 2.24) is 4.90 Å². The second-order valence-corrected chi connectivity index (χ2v) is 7.18. The maximum absolute atomic E-state index is 11.4. The number of carbonyl (C=O) groups excluding carboxylic acids is 1. The molecule has 8 nitrogen and oxygen atoms in total. The van der Waals surface area contributed by atoms with E-state index in [0.717, 1.165) is 25.9 Å². The molecule has 0 spiro atoms.